The summed E-state index contributed by atoms with van der Waals surface area (Å²) >= 11 is 0. The summed E-state index contributed by atoms with van der Waals surface area (Å²) in [7, 11) is 0. The predicted molar refractivity (Wildman–Crippen MR) is 77.3 cm³/mol. The lowest BCUT2D eigenvalue weighted by molar-refractivity contribution is 0.198. The van der Waals surface area contributed by atoms with Gasteiger partial charge in [0.05, 0.1) is 13.3 Å². The van der Waals surface area contributed by atoms with E-state index in [1.54, 1.807) is 0 Å². The zero-order valence-electron chi connectivity index (χ0n) is 11.6. The third-order valence-electron chi connectivity index (χ3n) is 1.31. The first-order valence-electron chi connectivity index (χ1n) is 5.75. The molecule has 0 aromatic rings. The van der Waals surface area contributed by atoms with E-state index in [0.29, 0.717) is 6.04 Å². The Morgan fingerprint density at radius 2 is 1.38 bits per heavy atom. The highest BCUT2D eigenvalue weighted by Gasteiger charge is 2.11. The van der Waals surface area contributed by atoms with E-state index in [-0.39, 0.29) is 15.8 Å². The maximum absolute atomic E-state index is 3.18. The zero-order chi connectivity index (χ0) is 11.6. The molecule has 0 bridgehead atoms. The highest BCUT2D eigenvalue weighted by atomic mass is 15.6. The molecule has 16 heavy (non-hydrogen) atoms. The van der Waals surface area contributed by atoms with Crippen molar-refractivity contribution < 1.29 is 0 Å². The van der Waals surface area contributed by atoms with Crippen molar-refractivity contribution in [3.05, 3.63) is 0 Å². The molecule has 1 saturated heterocycles. The largest absolute Gasteiger partial charge is 0.290 e. The first-order chi connectivity index (χ1) is 6.54. The molecule has 0 unspecified atom stereocenters. The Kier molecular flexibility index (Phi) is 27.1. The van der Waals surface area contributed by atoms with Crippen molar-refractivity contribution in [2.45, 2.75) is 61.9 Å². The molecule has 2 N–H and O–H groups in total. The Balaban J connectivity index is -0.0000000793. The summed E-state index contributed by atoms with van der Waals surface area (Å²) in [5.74, 6) is 0.833. The topological polar surface area (TPSA) is 27.3 Å². The molecule has 4 heteroatoms. The van der Waals surface area contributed by atoms with Gasteiger partial charge in [-0.15, -0.1) is 0 Å². The Hall–Kier alpha value is -0.0551. The van der Waals surface area contributed by atoms with E-state index in [1.165, 1.54) is 0 Å². The maximum atomic E-state index is 3.18. The van der Waals surface area contributed by atoms with Crippen LogP contribution in [0.25, 0.3) is 0 Å². The molecule has 3 radical (unpaired) electrons. The Morgan fingerprint density at radius 1 is 1.00 bits per heavy atom. The summed E-state index contributed by atoms with van der Waals surface area (Å²) in [4.78, 5) is 0. The van der Waals surface area contributed by atoms with Crippen molar-refractivity contribution in [2.75, 3.05) is 13.3 Å². The minimum atomic E-state index is 0. The van der Waals surface area contributed by atoms with E-state index in [1.807, 2.05) is 13.8 Å². The van der Waals surface area contributed by atoms with Crippen LogP contribution in [0, 0.1) is 5.92 Å². The maximum Gasteiger partial charge on any atom is 0.0634 e. The fourth-order valence-electron chi connectivity index (χ4n) is 0.755. The molecule has 0 spiro atoms. The summed E-state index contributed by atoms with van der Waals surface area (Å²) in [5.41, 5.74) is 3.18. The summed E-state index contributed by atoms with van der Waals surface area (Å²) in [6, 6.07) is 0.602. The molecule has 99 valence electrons. The zero-order valence-corrected chi connectivity index (χ0v) is 11.6. The van der Waals surface area contributed by atoms with Crippen LogP contribution in [0.15, 0.2) is 0 Å². The van der Waals surface area contributed by atoms with E-state index in [9.17, 15) is 0 Å². The second-order valence-corrected chi connectivity index (χ2v) is 4.04. The first-order valence-corrected chi connectivity index (χ1v) is 5.75. The lowest BCUT2D eigenvalue weighted by atomic mass is 10.3. The van der Waals surface area contributed by atoms with Gasteiger partial charge in [0.1, 0.15) is 0 Å². The van der Waals surface area contributed by atoms with Crippen molar-refractivity contribution in [1.29, 1.82) is 0 Å². The molecule has 0 aliphatic carbocycles. The lowest BCUT2D eigenvalue weighted by Gasteiger charge is -2.17. The summed E-state index contributed by atoms with van der Waals surface area (Å²) in [6.07, 6.45) is 0. The Bertz CT molecular complexity index is 99.7. The smallest absolute Gasteiger partial charge is 0.0634 e. The number of hydrogen-bond donors (Lipinski definition) is 2. The molecule has 1 aliphatic heterocycles. The summed E-state index contributed by atoms with van der Waals surface area (Å²) in [5, 5.41) is 5.34. The van der Waals surface area contributed by atoms with E-state index >= 15 is 0 Å². The van der Waals surface area contributed by atoms with E-state index in [2.05, 4.69) is 50.4 Å². The summed E-state index contributed by atoms with van der Waals surface area (Å²) in [6.45, 7) is 16.7. The van der Waals surface area contributed by atoms with Gasteiger partial charge in [0, 0.05) is 14.5 Å². The standard InChI is InChI=1S/C5H13N3.C4H10.C2H6.CH4.B/c1-5(2)8-4-6-3-7-8;1-4(2)3;1-2;;/h5-7H,3-4H2,1-2H3;4H,1-3H3;1-2H3;1H4;. The fraction of sp³-hybridized carbons (Fsp3) is 1.00. The first kappa shape index (κ1) is 25.0. The van der Waals surface area contributed by atoms with Gasteiger partial charge in [-0.3, -0.25) is 5.32 Å². The van der Waals surface area contributed by atoms with Crippen LogP contribution in [0.3, 0.4) is 0 Å². The highest BCUT2D eigenvalue weighted by molar-refractivity contribution is 5.75. The number of rotatable bonds is 1. The molecule has 0 aromatic heterocycles. The molecule has 3 nitrogen and oxygen atoms in total. The van der Waals surface area contributed by atoms with E-state index in [4.69, 9.17) is 0 Å². The number of hydrazine groups is 1. The van der Waals surface area contributed by atoms with E-state index < -0.39 is 0 Å². The minimum Gasteiger partial charge on any atom is -0.290 e. The van der Waals surface area contributed by atoms with Gasteiger partial charge in [-0.25, -0.2) is 10.4 Å². The molecular formula is C12H33BN3. The molecule has 0 aromatic carbocycles. The van der Waals surface area contributed by atoms with Crippen molar-refractivity contribution in [3.63, 3.8) is 0 Å². The van der Waals surface area contributed by atoms with Crippen LogP contribution in [-0.4, -0.2) is 32.8 Å². The van der Waals surface area contributed by atoms with Gasteiger partial charge in [0.2, 0.25) is 0 Å². The monoisotopic (exact) mass is 230 g/mol. The SMILES string of the molecule is C.CC.CC(C)C.CC(C)N1CNCN1.[B]. The van der Waals surface area contributed by atoms with Crippen molar-refractivity contribution in [1.82, 2.24) is 15.8 Å². The predicted octanol–water partition coefficient (Wildman–Crippen LogP) is 2.66. The van der Waals surface area contributed by atoms with Gasteiger partial charge in [0.15, 0.2) is 0 Å². The second-order valence-electron chi connectivity index (χ2n) is 4.04. The molecule has 1 fully saturated rings. The van der Waals surface area contributed by atoms with Crippen molar-refractivity contribution >= 4 is 8.41 Å². The number of nitrogens with zero attached hydrogens (tertiary/aromatic N) is 1. The van der Waals surface area contributed by atoms with Crippen molar-refractivity contribution in [2.24, 2.45) is 5.92 Å². The van der Waals surface area contributed by atoms with Gasteiger partial charge in [-0.1, -0.05) is 42.0 Å². The third-order valence-corrected chi connectivity index (χ3v) is 1.31. The quantitative estimate of drug-likeness (QED) is 0.678. The fourth-order valence-corrected chi connectivity index (χ4v) is 0.755. The highest BCUT2D eigenvalue weighted by Crippen LogP contribution is 1.92. The molecule has 1 rings (SSSR count). The van der Waals surface area contributed by atoms with Gasteiger partial charge in [-0.2, -0.15) is 0 Å². The van der Waals surface area contributed by atoms with Crippen LogP contribution in [0.1, 0.15) is 55.9 Å². The van der Waals surface area contributed by atoms with Crippen LogP contribution in [0.4, 0.5) is 0 Å². The molecule has 0 atom stereocenters. The number of nitrogens with one attached hydrogen (secondary N) is 2. The van der Waals surface area contributed by atoms with Gasteiger partial charge >= 0.3 is 0 Å². The van der Waals surface area contributed by atoms with Crippen LogP contribution < -0.4 is 10.7 Å². The minimum absolute atomic E-state index is 0. The Morgan fingerprint density at radius 3 is 1.50 bits per heavy atom. The van der Waals surface area contributed by atoms with Gasteiger partial charge < -0.3 is 0 Å². The molecule has 0 saturated carbocycles. The average Bonchev–Trinajstić information content (AvgIpc) is 2.58. The average molecular weight is 230 g/mol. The molecular weight excluding hydrogens is 197 g/mol. The van der Waals surface area contributed by atoms with Crippen LogP contribution in [0.5, 0.6) is 0 Å². The number of hydrogen-bond acceptors (Lipinski definition) is 3. The molecule has 1 aliphatic rings. The second kappa shape index (κ2) is 17.3. The van der Waals surface area contributed by atoms with Crippen LogP contribution >= 0.6 is 0 Å². The molecule has 0 amide bonds. The van der Waals surface area contributed by atoms with Gasteiger partial charge in [0.25, 0.3) is 0 Å². The van der Waals surface area contributed by atoms with Crippen LogP contribution in [0.2, 0.25) is 0 Å². The van der Waals surface area contributed by atoms with E-state index in [0.717, 1.165) is 19.3 Å². The van der Waals surface area contributed by atoms with Crippen molar-refractivity contribution in [3.8, 4) is 0 Å². The normalized spacial score (nSPS) is 14.1. The Labute approximate surface area is 106 Å². The van der Waals surface area contributed by atoms with Crippen LogP contribution in [-0.2, 0) is 0 Å². The third kappa shape index (κ3) is 19.5. The molecule has 1 heterocycles. The lowest BCUT2D eigenvalue weighted by Crippen LogP contribution is -2.36. The van der Waals surface area contributed by atoms with Gasteiger partial charge in [-0.05, 0) is 19.8 Å². The summed E-state index contributed by atoms with van der Waals surface area (Å²) < 4.78 is 0.